The number of carbonyl (C=O) groups is 1. The first-order chi connectivity index (χ1) is 6.65. The maximum Gasteiger partial charge on any atom is 0.407 e. The molecule has 76 valence electrons. The van der Waals surface area contributed by atoms with Crippen molar-refractivity contribution >= 4 is 6.09 Å². The normalized spacial score (nSPS) is 19.1. The molecular weight excluding hydrogens is 182 g/mol. The molecule has 0 aromatic carbocycles. The van der Waals surface area contributed by atoms with E-state index in [9.17, 15) is 4.79 Å². The highest BCUT2D eigenvalue weighted by molar-refractivity contribution is 5.65. The summed E-state index contributed by atoms with van der Waals surface area (Å²) in [6.07, 6.45) is 1.86. The molecule has 0 atom stereocenters. The van der Waals surface area contributed by atoms with Gasteiger partial charge in [-0.05, 0) is 12.8 Å². The van der Waals surface area contributed by atoms with Crippen LogP contribution in [0.3, 0.4) is 0 Å². The van der Waals surface area contributed by atoms with E-state index in [4.69, 9.17) is 16.1 Å². The molecule has 0 spiro atoms. The molecule has 0 unspecified atom stereocenters. The number of hydrogen-bond acceptors (Lipinski definition) is 3. The Morgan fingerprint density at radius 1 is 1.57 bits per heavy atom. The number of rotatable bonds is 1. The van der Waals surface area contributed by atoms with E-state index in [2.05, 4.69) is 0 Å². The number of nitrogens with zero attached hydrogens (tertiary/aromatic N) is 2. The van der Waals surface area contributed by atoms with Gasteiger partial charge in [-0.2, -0.15) is 5.26 Å². The van der Waals surface area contributed by atoms with E-state index in [1.54, 1.807) is 0 Å². The summed E-state index contributed by atoms with van der Waals surface area (Å²) in [6, 6.07) is 1.88. The Kier molecular flexibility index (Phi) is 3.35. The minimum Gasteiger partial charge on any atom is -0.465 e. The first kappa shape index (κ1) is 10.4. The fraction of sp³-hybridized carbons (Fsp3) is 0.556. The molecule has 1 heterocycles. The quantitative estimate of drug-likeness (QED) is 0.604. The molecule has 0 aromatic rings. The maximum absolute atomic E-state index is 10.6. The highest BCUT2D eigenvalue weighted by atomic mass is 16.4. The summed E-state index contributed by atoms with van der Waals surface area (Å²) in [5.74, 6) is 0.158. The van der Waals surface area contributed by atoms with Gasteiger partial charge in [-0.3, -0.25) is 0 Å². The Morgan fingerprint density at radius 3 is 2.57 bits per heavy atom. The molecule has 3 N–H and O–H groups in total. The van der Waals surface area contributed by atoms with Crippen molar-refractivity contribution in [1.29, 1.82) is 5.26 Å². The van der Waals surface area contributed by atoms with Crippen molar-refractivity contribution in [1.82, 2.24) is 4.90 Å². The minimum atomic E-state index is -0.883. The Morgan fingerprint density at radius 2 is 2.14 bits per heavy atom. The van der Waals surface area contributed by atoms with Crippen molar-refractivity contribution in [2.75, 3.05) is 13.1 Å². The van der Waals surface area contributed by atoms with E-state index in [0.29, 0.717) is 31.6 Å². The van der Waals surface area contributed by atoms with Gasteiger partial charge in [-0.25, -0.2) is 4.79 Å². The molecule has 1 fully saturated rings. The first-order valence-electron chi connectivity index (χ1n) is 4.48. The molecule has 5 nitrogen and oxygen atoms in total. The van der Waals surface area contributed by atoms with Crippen LogP contribution in [0, 0.1) is 17.2 Å². The summed E-state index contributed by atoms with van der Waals surface area (Å²) in [5.41, 5.74) is 6.22. The van der Waals surface area contributed by atoms with Crippen molar-refractivity contribution < 1.29 is 9.90 Å². The van der Waals surface area contributed by atoms with Crippen LogP contribution in [0.25, 0.3) is 0 Å². The number of allylic oxidation sites excluding steroid dienone is 2. The zero-order valence-electron chi connectivity index (χ0n) is 7.81. The van der Waals surface area contributed by atoms with Gasteiger partial charge in [0.2, 0.25) is 0 Å². The third-order valence-corrected chi connectivity index (χ3v) is 2.47. The van der Waals surface area contributed by atoms with Gasteiger partial charge in [0.1, 0.15) is 0 Å². The van der Waals surface area contributed by atoms with E-state index in [1.807, 2.05) is 6.07 Å². The summed E-state index contributed by atoms with van der Waals surface area (Å²) in [6.45, 7) is 1.000. The highest BCUT2D eigenvalue weighted by Crippen LogP contribution is 2.21. The topological polar surface area (TPSA) is 90.4 Å². The Hall–Kier alpha value is -1.70. The van der Waals surface area contributed by atoms with Gasteiger partial charge in [-0.1, -0.05) is 0 Å². The lowest BCUT2D eigenvalue weighted by Gasteiger charge is -2.29. The minimum absolute atomic E-state index is 0.158. The van der Waals surface area contributed by atoms with Crippen molar-refractivity contribution in [3.63, 3.8) is 0 Å². The monoisotopic (exact) mass is 195 g/mol. The van der Waals surface area contributed by atoms with Crippen molar-refractivity contribution in [3.8, 4) is 6.07 Å². The van der Waals surface area contributed by atoms with Crippen molar-refractivity contribution in [3.05, 3.63) is 11.8 Å². The fourth-order valence-electron chi connectivity index (χ4n) is 1.60. The van der Waals surface area contributed by atoms with Crippen LogP contribution in [0.1, 0.15) is 12.8 Å². The number of nitrogens with two attached hydrogens (primary N) is 1. The highest BCUT2D eigenvalue weighted by Gasteiger charge is 2.23. The average molecular weight is 195 g/mol. The second-order valence-electron chi connectivity index (χ2n) is 3.32. The second-order valence-corrected chi connectivity index (χ2v) is 3.32. The summed E-state index contributed by atoms with van der Waals surface area (Å²) >= 11 is 0. The molecule has 1 aliphatic heterocycles. The number of nitriles is 1. The van der Waals surface area contributed by atoms with Gasteiger partial charge in [0.25, 0.3) is 0 Å². The van der Waals surface area contributed by atoms with E-state index in [-0.39, 0.29) is 5.92 Å². The third kappa shape index (κ3) is 2.39. The number of carboxylic acid groups (broad SMARTS) is 1. The molecule has 1 amide bonds. The molecule has 5 heteroatoms. The second kappa shape index (κ2) is 4.51. The van der Waals surface area contributed by atoms with E-state index in [1.165, 1.54) is 11.0 Å². The van der Waals surface area contributed by atoms with Gasteiger partial charge in [0, 0.05) is 30.8 Å². The summed E-state index contributed by atoms with van der Waals surface area (Å²) in [5, 5.41) is 17.1. The van der Waals surface area contributed by atoms with Crippen molar-refractivity contribution in [2.45, 2.75) is 12.8 Å². The predicted molar refractivity (Wildman–Crippen MR) is 50.2 cm³/mol. The van der Waals surface area contributed by atoms with Crippen LogP contribution in [-0.4, -0.2) is 29.2 Å². The number of amides is 1. The van der Waals surface area contributed by atoms with Gasteiger partial charge in [0.15, 0.2) is 0 Å². The van der Waals surface area contributed by atoms with Crippen LogP contribution >= 0.6 is 0 Å². The Labute approximate surface area is 82.4 Å². The van der Waals surface area contributed by atoms with E-state index in [0.717, 1.165) is 0 Å². The van der Waals surface area contributed by atoms with Crippen molar-refractivity contribution in [2.24, 2.45) is 11.7 Å². The van der Waals surface area contributed by atoms with Gasteiger partial charge < -0.3 is 15.7 Å². The SMILES string of the molecule is N#C/C=C(\N)C1CCN(C(=O)O)CC1. The molecule has 0 radical (unpaired) electrons. The standard InChI is InChI=1S/C9H13N3O2/c10-4-1-8(11)7-2-5-12(6-3-7)9(13)14/h1,7H,2-3,5-6,11H2,(H,13,14)/b8-1-. The molecule has 1 rings (SSSR count). The van der Waals surface area contributed by atoms with Crippen LogP contribution in [0.15, 0.2) is 11.8 Å². The largest absolute Gasteiger partial charge is 0.465 e. The Balaban J connectivity index is 2.48. The average Bonchev–Trinajstić information content (AvgIpc) is 2.18. The zero-order chi connectivity index (χ0) is 10.6. The van der Waals surface area contributed by atoms with E-state index >= 15 is 0 Å². The number of piperidine rings is 1. The molecule has 0 aliphatic carbocycles. The van der Waals surface area contributed by atoms with Crippen LogP contribution < -0.4 is 5.73 Å². The van der Waals surface area contributed by atoms with Crippen LogP contribution in [0.4, 0.5) is 4.79 Å². The van der Waals surface area contributed by atoms with Crippen LogP contribution in [0.5, 0.6) is 0 Å². The van der Waals surface area contributed by atoms with Gasteiger partial charge >= 0.3 is 6.09 Å². The molecule has 1 saturated heterocycles. The molecular formula is C9H13N3O2. The van der Waals surface area contributed by atoms with E-state index < -0.39 is 6.09 Å². The van der Waals surface area contributed by atoms with Gasteiger partial charge in [0.05, 0.1) is 6.07 Å². The lowest BCUT2D eigenvalue weighted by Crippen LogP contribution is -2.38. The maximum atomic E-state index is 10.6. The lowest BCUT2D eigenvalue weighted by molar-refractivity contribution is 0.128. The summed E-state index contributed by atoms with van der Waals surface area (Å²) in [7, 11) is 0. The zero-order valence-corrected chi connectivity index (χ0v) is 7.81. The first-order valence-corrected chi connectivity index (χ1v) is 4.48. The van der Waals surface area contributed by atoms with Crippen LogP contribution in [-0.2, 0) is 0 Å². The predicted octanol–water partition coefficient (Wildman–Crippen LogP) is 0.743. The van der Waals surface area contributed by atoms with Gasteiger partial charge in [-0.15, -0.1) is 0 Å². The Bertz CT molecular complexity index is 285. The summed E-state index contributed by atoms with van der Waals surface area (Å²) < 4.78 is 0. The molecule has 1 aliphatic rings. The number of hydrogen-bond donors (Lipinski definition) is 2. The fourth-order valence-corrected chi connectivity index (χ4v) is 1.60. The lowest BCUT2D eigenvalue weighted by atomic mass is 9.94. The number of likely N-dealkylation sites (tertiary alicyclic amines) is 1. The third-order valence-electron chi connectivity index (χ3n) is 2.47. The molecule has 0 bridgehead atoms. The molecule has 0 aromatic heterocycles. The van der Waals surface area contributed by atoms with Crippen LogP contribution in [0.2, 0.25) is 0 Å². The molecule has 0 saturated carbocycles. The summed E-state index contributed by atoms with van der Waals surface area (Å²) in [4.78, 5) is 12.0. The molecule has 14 heavy (non-hydrogen) atoms. The smallest absolute Gasteiger partial charge is 0.407 e.